The first-order valence-corrected chi connectivity index (χ1v) is 7.54. The van der Waals surface area contributed by atoms with E-state index in [0.29, 0.717) is 19.1 Å². The first kappa shape index (κ1) is 14.7. The molecule has 1 saturated carbocycles. The van der Waals surface area contributed by atoms with Crippen molar-refractivity contribution < 1.29 is 9.18 Å². The van der Waals surface area contributed by atoms with Crippen LogP contribution in [0.25, 0.3) is 0 Å². The molecule has 1 amide bonds. The molecule has 1 aliphatic rings. The van der Waals surface area contributed by atoms with Gasteiger partial charge in [0.05, 0.1) is 6.54 Å². The Labute approximate surface area is 129 Å². The molecule has 0 aliphatic heterocycles. The summed E-state index contributed by atoms with van der Waals surface area (Å²) in [6.07, 6.45) is 2.25. The molecule has 2 aromatic carbocycles. The van der Waals surface area contributed by atoms with Gasteiger partial charge in [0, 0.05) is 18.3 Å². The van der Waals surface area contributed by atoms with Gasteiger partial charge in [-0.1, -0.05) is 30.3 Å². The number of rotatable bonds is 6. The van der Waals surface area contributed by atoms with Crippen LogP contribution in [0.15, 0.2) is 54.6 Å². The van der Waals surface area contributed by atoms with Gasteiger partial charge in [-0.05, 0) is 42.7 Å². The van der Waals surface area contributed by atoms with Gasteiger partial charge in [0.25, 0.3) is 0 Å². The van der Waals surface area contributed by atoms with Crippen LogP contribution >= 0.6 is 0 Å². The molecular weight excluding hydrogens is 279 g/mol. The maximum atomic E-state index is 13.0. The minimum absolute atomic E-state index is 0.0137. The Hall–Kier alpha value is -2.20. The standard InChI is InChI=1S/C18H19FN2O/c19-15-8-6-14(7-9-15)12-21(17-10-11-17)13-18(22)20-16-4-2-1-3-5-16/h1-9,17H,10-13H2,(H,20,22). The lowest BCUT2D eigenvalue weighted by Gasteiger charge is -2.21. The molecule has 4 heteroatoms. The van der Waals surface area contributed by atoms with Crippen LogP contribution in [0.5, 0.6) is 0 Å². The van der Waals surface area contributed by atoms with Crippen molar-refractivity contribution in [1.82, 2.24) is 4.90 Å². The van der Waals surface area contributed by atoms with E-state index >= 15 is 0 Å². The second kappa shape index (κ2) is 6.71. The normalized spacial score (nSPS) is 14.1. The Morgan fingerprint density at radius 3 is 2.41 bits per heavy atom. The summed E-state index contributed by atoms with van der Waals surface area (Å²) >= 11 is 0. The summed E-state index contributed by atoms with van der Waals surface area (Å²) in [6.45, 7) is 1.03. The van der Waals surface area contributed by atoms with E-state index in [4.69, 9.17) is 0 Å². The summed E-state index contributed by atoms with van der Waals surface area (Å²) in [6, 6.07) is 16.4. The number of halogens is 1. The van der Waals surface area contributed by atoms with E-state index in [-0.39, 0.29) is 11.7 Å². The van der Waals surface area contributed by atoms with Crippen molar-refractivity contribution in [3.8, 4) is 0 Å². The highest BCUT2D eigenvalue weighted by atomic mass is 19.1. The van der Waals surface area contributed by atoms with Gasteiger partial charge in [-0.25, -0.2) is 4.39 Å². The Morgan fingerprint density at radius 2 is 1.77 bits per heavy atom. The number of anilines is 1. The van der Waals surface area contributed by atoms with Crippen molar-refractivity contribution in [2.24, 2.45) is 0 Å². The van der Waals surface area contributed by atoms with Crippen LogP contribution in [-0.2, 0) is 11.3 Å². The zero-order chi connectivity index (χ0) is 15.4. The Bertz CT molecular complexity index is 623. The molecule has 0 radical (unpaired) electrons. The van der Waals surface area contributed by atoms with Crippen LogP contribution in [-0.4, -0.2) is 23.4 Å². The largest absolute Gasteiger partial charge is 0.325 e. The molecule has 0 bridgehead atoms. The quantitative estimate of drug-likeness (QED) is 0.886. The lowest BCUT2D eigenvalue weighted by molar-refractivity contribution is -0.117. The van der Waals surface area contributed by atoms with Crippen molar-refractivity contribution in [2.45, 2.75) is 25.4 Å². The van der Waals surface area contributed by atoms with Crippen LogP contribution in [0.2, 0.25) is 0 Å². The van der Waals surface area contributed by atoms with Crippen molar-refractivity contribution in [2.75, 3.05) is 11.9 Å². The molecule has 22 heavy (non-hydrogen) atoms. The summed E-state index contributed by atoms with van der Waals surface area (Å²) in [5, 5.41) is 2.91. The number of benzene rings is 2. The average Bonchev–Trinajstić information content (AvgIpc) is 3.34. The van der Waals surface area contributed by atoms with Gasteiger partial charge < -0.3 is 5.32 Å². The number of carbonyl (C=O) groups excluding carboxylic acids is 1. The summed E-state index contributed by atoms with van der Waals surface area (Å²) in [7, 11) is 0. The third-order valence-electron chi connectivity index (χ3n) is 3.77. The van der Waals surface area contributed by atoms with Crippen molar-refractivity contribution >= 4 is 11.6 Å². The zero-order valence-corrected chi connectivity index (χ0v) is 12.3. The Balaban J connectivity index is 1.59. The molecule has 0 aromatic heterocycles. The summed E-state index contributed by atoms with van der Waals surface area (Å²) < 4.78 is 13.0. The van der Waals surface area contributed by atoms with Gasteiger partial charge in [-0.2, -0.15) is 0 Å². The predicted octanol–water partition coefficient (Wildman–Crippen LogP) is 3.43. The topological polar surface area (TPSA) is 32.3 Å². The third kappa shape index (κ3) is 4.15. The van der Waals surface area contributed by atoms with Gasteiger partial charge in [0.15, 0.2) is 0 Å². The van der Waals surface area contributed by atoms with Gasteiger partial charge >= 0.3 is 0 Å². The van der Waals surface area contributed by atoms with E-state index in [2.05, 4.69) is 10.2 Å². The summed E-state index contributed by atoms with van der Waals surface area (Å²) in [5.41, 5.74) is 1.84. The second-order valence-electron chi connectivity index (χ2n) is 5.68. The number of hydrogen-bond acceptors (Lipinski definition) is 2. The van der Waals surface area contributed by atoms with Gasteiger partial charge in [-0.3, -0.25) is 9.69 Å². The number of nitrogens with one attached hydrogen (secondary N) is 1. The number of para-hydroxylation sites is 1. The minimum Gasteiger partial charge on any atom is -0.325 e. The maximum Gasteiger partial charge on any atom is 0.238 e. The van der Waals surface area contributed by atoms with Crippen LogP contribution in [0.1, 0.15) is 18.4 Å². The highest BCUT2D eigenvalue weighted by Crippen LogP contribution is 2.28. The monoisotopic (exact) mass is 298 g/mol. The number of amides is 1. The Morgan fingerprint density at radius 1 is 1.09 bits per heavy atom. The van der Waals surface area contributed by atoms with Gasteiger partial charge in [0.2, 0.25) is 5.91 Å². The molecule has 114 valence electrons. The first-order chi connectivity index (χ1) is 10.7. The fourth-order valence-corrected chi connectivity index (χ4v) is 2.48. The van der Waals surface area contributed by atoms with E-state index in [9.17, 15) is 9.18 Å². The van der Waals surface area contributed by atoms with Crippen LogP contribution in [0.4, 0.5) is 10.1 Å². The van der Waals surface area contributed by atoms with E-state index in [1.54, 1.807) is 12.1 Å². The molecule has 2 aromatic rings. The molecule has 0 atom stereocenters. The second-order valence-corrected chi connectivity index (χ2v) is 5.68. The molecule has 0 spiro atoms. The first-order valence-electron chi connectivity index (χ1n) is 7.54. The molecule has 1 fully saturated rings. The van der Waals surface area contributed by atoms with Crippen LogP contribution in [0.3, 0.4) is 0 Å². The van der Waals surface area contributed by atoms with Crippen molar-refractivity contribution in [3.05, 3.63) is 66.0 Å². The van der Waals surface area contributed by atoms with E-state index < -0.39 is 0 Å². The SMILES string of the molecule is O=C(CN(Cc1ccc(F)cc1)C1CC1)Nc1ccccc1. The van der Waals surface area contributed by atoms with E-state index in [1.165, 1.54) is 12.1 Å². The minimum atomic E-state index is -0.233. The Kier molecular flexibility index (Phi) is 4.49. The molecule has 0 saturated heterocycles. The van der Waals surface area contributed by atoms with Gasteiger partial charge in [0.1, 0.15) is 5.82 Å². The lowest BCUT2D eigenvalue weighted by Crippen LogP contribution is -2.34. The summed E-state index contributed by atoms with van der Waals surface area (Å²) in [5.74, 6) is -0.247. The fraction of sp³-hybridized carbons (Fsp3) is 0.278. The molecule has 1 N–H and O–H groups in total. The molecule has 1 aliphatic carbocycles. The van der Waals surface area contributed by atoms with Crippen LogP contribution < -0.4 is 5.32 Å². The molecule has 0 heterocycles. The molecule has 3 rings (SSSR count). The van der Waals surface area contributed by atoms with E-state index in [1.807, 2.05) is 30.3 Å². The summed E-state index contributed by atoms with van der Waals surface area (Å²) in [4.78, 5) is 14.3. The van der Waals surface area contributed by atoms with Crippen LogP contribution in [0, 0.1) is 5.82 Å². The third-order valence-corrected chi connectivity index (χ3v) is 3.77. The molecule has 0 unspecified atom stereocenters. The molecular formula is C18H19FN2O. The van der Waals surface area contributed by atoms with Gasteiger partial charge in [-0.15, -0.1) is 0 Å². The fourth-order valence-electron chi connectivity index (χ4n) is 2.48. The highest BCUT2D eigenvalue weighted by Gasteiger charge is 2.30. The number of hydrogen-bond donors (Lipinski definition) is 1. The number of nitrogens with zero attached hydrogens (tertiary/aromatic N) is 1. The van der Waals surface area contributed by atoms with Crippen molar-refractivity contribution in [1.29, 1.82) is 0 Å². The highest BCUT2D eigenvalue weighted by molar-refractivity contribution is 5.92. The smallest absolute Gasteiger partial charge is 0.238 e. The number of carbonyl (C=O) groups is 1. The molecule has 3 nitrogen and oxygen atoms in total. The van der Waals surface area contributed by atoms with Crippen molar-refractivity contribution in [3.63, 3.8) is 0 Å². The van der Waals surface area contributed by atoms with E-state index in [0.717, 1.165) is 24.1 Å². The lowest BCUT2D eigenvalue weighted by atomic mass is 10.2. The zero-order valence-electron chi connectivity index (χ0n) is 12.3. The predicted molar refractivity (Wildman–Crippen MR) is 84.9 cm³/mol. The maximum absolute atomic E-state index is 13.0. The average molecular weight is 298 g/mol.